The number of nitrogens with zero attached hydrogens (tertiary/aromatic N) is 1. The molecule has 0 aromatic carbocycles. The molecular formula is C10H9N3O4. The molecule has 0 saturated carbocycles. The van der Waals surface area contributed by atoms with Crippen molar-refractivity contribution in [1.29, 1.82) is 0 Å². The Labute approximate surface area is 94.5 Å². The lowest BCUT2D eigenvalue weighted by atomic mass is 10.2. The summed E-state index contributed by atoms with van der Waals surface area (Å²) in [5.41, 5.74) is -0.694. The summed E-state index contributed by atoms with van der Waals surface area (Å²) < 4.78 is 4.72. The second-order valence-corrected chi connectivity index (χ2v) is 3.24. The lowest BCUT2D eigenvalue weighted by Gasteiger charge is -2.02. The van der Waals surface area contributed by atoms with Crippen LogP contribution in [0.5, 0.6) is 0 Å². The van der Waals surface area contributed by atoms with Crippen molar-refractivity contribution in [2.45, 2.75) is 6.92 Å². The van der Waals surface area contributed by atoms with E-state index < -0.39 is 17.1 Å². The molecule has 0 aliphatic rings. The monoisotopic (exact) mass is 235 g/mol. The molecule has 0 unspecified atom stereocenters. The topological polar surface area (TPSA) is 105 Å². The molecule has 7 nitrogen and oxygen atoms in total. The van der Waals surface area contributed by atoms with Crippen molar-refractivity contribution in [3.63, 3.8) is 0 Å². The normalized spacial score (nSPS) is 10.4. The van der Waals surface area contributed by atoms with Gasteiger partial charge in [0.15, 0.2) is 5.65 Å². The van der Waals surface area contributed by atoms with E-state index in [1.54, 1.807) is 6.92 Å². The van der Waals surface area contributed by atoms with Crippen molar-refractivity contribution in [2.75, 3.05) is 6.61 Å². The van der Waals surface area contributed by atoms with E-state index in [1.807, 2.05) is 0 Å². The predicted octanol–water partition coefficient (Wildman–Crippen LogP) is -0.212. The van der Waals surface area contributed by atoms with E-state index in [0.29, 0.717) is 0 Å². The SMILES string of the molecule is CCOC(=O)c1cc2[nH]c(=O)cnc2[nH]c1=O. The van der Waals surface area contributed by atoms with Gasteiger partial charge in [-0.25, -0.2) is 9.78 Å². The van der Waals surface area contributed by atoms with Crippen molar-refractivity contribution in [3.05, 3.63) is 38.5 Å². The number of ether oxygens (including phenoxy) is 1. The molecule has 2 aromatic rings. The molecule has 0 radical (unpaired) electrons. The summed E-state index contributed by atoms with van der Waals surface area (Å²) in [6, 6.07) is 1.25. The fourth-order valence-electron chi connectivity index (χ4n) is 1.37. The third-order valence-electron chi connectivity index (χ3n) is 2.08. The Hall–Kier alpha value is -2.44. The van der Waals surface area contributed by atoms with Crippen molar-refractivity contribution in [3.8, 4) is 0 Å². The molecule has 2 rings (SSSR count). The average molecular weight is 235 g/mol. The highest BCUT2D eigenvalue weighted by Gasteiger charge is 2.13. The van der Waals surface area contributed by atoms with Gasteiger partial charge in [0.25, 0.3) is 11.1 Å². The first-order valence-electron chi connectivity index (χ1n) is 4.91. The number of H-pyrrole nitrogens is 2. The zero-order valence-corrected chi connectivity index (χ0v) is 8.94. The number of hydrogen-bond donors (Lipinski definition) is 2. The Morgan fingerprint density at radius 2 is 2.18 bits per heavy atom. The largest absolute Gasteiger partial charge is 0.462 e. The third kappa shape index (κ3) is 2.07. The maximum atomic E-state index is 11.5. The van der Waals surface area contributed by atoms with Gasteiger partial charge in [0.05, 0.1) is 18.3 Å². The summed E-state index contributed by atoms with van der Waals surface area (Å²) in [6.45, 7) is 1.80. The minimum Gasteiger partial charge on any atom is -0.462 e. The van der Waals surface area contributed by atoms with Crippen LogP contribution in [0.2, 0.25) is 0 Å². The van der Waals surface area contributed by atoms with Crippen LogP contribution >= 0.6 is 0 Å². The Kier molecular flexibility index (Phi) is 2.73. The number of esters is 1. The molecule has 0 aliphatic heterocycles. The highest BCUT2D eigenvalue weighted by atomic mass is 16.5. The van der Waals surface area contributed by atoms with Gasteiger partial charge in [-0.05, 0) is 13.0 Å². The number of aromatic amines is 2. The molecule has 2 aromatic heterocycles. The van der Waals surface area contributed by atoms with Crippen molar-refractivity contribution in [2.24, 2.45) is 0 Å². The third-order valence-corrected chi connectivity index (χ3v) is 2.08. The quantitative estimate of drug-likeness (QED) is 0.700. The molecule has 0 spiro atoms. The summed E-state index contributed by atoms with van der Waals surface area (Å²) in [5, 5.41) is 0. The van der Waals surface area contributed by atoms with E-state index in [9.17, 15) is 14.4 Å². The van der Waals surface area contributed by atoms with Gasteiger partial charge in [-0.1, -0.05) is 0 Å². The fraction of sp³-hybridized carbons (Fsp3) is 0.200. The van der Waals surface area contributed by atoms with Crippen LogP contribution in [0.15, 0.2) is 21.9 Å². The van der Waals surface area contributed by atoms with Crippen LogP contribution in [-0.4, -0.2) is 27.5 Å². The standard InChI is InChI=1S/C10H9N3O4/c1-2-17-10(16)5-3-6-8(13-9(5)15)11-4-7(14)12-6/h3-4H,2H2,1H3,(H,12,14)(H,11,13,15). The smallest absolute Gasteiger partial charge is 0.343 e. The minimum atomic E-state index is -0.736. The maximum Gasteiger partial charge on any atom is 0.343 e. The molecule has 0 atom stereocenters. The molecule has 0 bridgehead atoms. The first-order valence-corrected chi connectivity index (χ1v) is 4.91. The summed E-state index contributed by atoms with van der Waals surface area (Å²) in [5.74, 6) is -0.736. The summed E-state index contributed by atoms with van der Waals surface area (Å²) in [7, 11) is 0. The molecule has 0 saturated heterocycles. The van der Waals surface area contributed by atoms with Gasteiger partial charge >= 0.3 is 5.97 Å². The molecular weight excluding hydrogens is 226 g/mol. The van der Waals surface area contributed by atoms with Crippen LogP contribution in [-0.2, 0) is 4.74 Å². The number of rotatable bonds is 2. The molecule has 17 heavy (non-hydrogen) atoms. The van der Waals surface area contributed by atoms with Crippen molar-refractivity contribution in [1.82, 2.24) is 15.0 Å². The van der Waals surface area contributed by atoms with E-state index in [2.05, 4.69) is 15.0 Å². The second-order valence-electron chi connectivity index (χ2n) is 3.24. The Balaban J connectivity index is 2.65. The Bertz CT molecular complexity index is 686. The lowest BCUT2D eigenvalue weighted by molar-refractivity contribution is 0.0524. The van der Waals surface area contributed by atoms with Crippen molar-refractivity contribution < 1.29 is 9.53 Å². The van der Waals surface area contributed by atoms with Gasteiger partial charge in [-0.3, -0.25) is 9.59 Å². The summed E-state index contributed by atoms with van der Waals surface area (Å²) >= 11 is 0. The number of aromatic nitrogens is 3. The molecule has 0 aliphatic carbocycles. The highest BCUT2D eigenvalue weighted by Crippen LogP contribution is 2.03. The van der Waals surface area contributed by atoms with E-state index in [1.165, 1.54) is 6.07 Å². The number of fused-ring (bicyclic) bond motifs is 1. The number of carbonyl (C=O) groups excluding carboxylic acids is 1. The van der Waals surface area contributed by atoms with Crippen molar-refractivity contribution >= 4 is 17.1 Å². The van der Waals surface area contributed by atoms with Crippen LogP contribution in [0.4, 0.5) is 0 Å². The number of hydrogen-bond acceptors (Lipinski definition) is 5. The van der Waals surface area contributed by atoms with Gasteiger partial charge in [-0.15, -0.1) is 0 Å². The molecule has 7 heteroatoms. The van der Waals surface area contributed by atoms with Crippen LogP contribution in [0, 0.1) is 0 Å². The van der Waals surface area contributed by atoms with Gasteiger partial charge < -0.3 is 14.7 Å². The second kappa shape index (κ2) is 4.20. The van der Waals surface area contributed by atoms with Crippen LogP contribution < -0.4 is 11.1 Å². The average Bonchev–Trinajstić information content (AvgIpc) is 2.29. The summed E-state index contributed by atoms with van der Waals surface area (Å²) in [4.78, 5) is 42.6. The van der Waals surface area contributed by atoms with E-state index in [4.69, 9.17) is 4.74 Å². The molecule has 0 fully saturated rings. The maximum absolute atomic E-state index is 11.5. The van der Waals surface area contributed by atoms with Gasteiger partial charge in [0.1, 0.15) is 5.56 Å². The molecule has 0 amide bonds. The molecule has 2 heterocycles. The highest BCUT2D eigenvalue weighted by molar-refractivity contribution is 5.91. The number of pyridine rings is 1. The van der Waals surface area contributed by atoms with Crippen LogP contribution in [0.3, 0.4) is 0 Å². The molecule has 88 valence electrons. The van der Waals surface area contributed by atoms with E-state index in [0.717, 1.165) is 6.20 Å². The predicted molar refractivity (Wildman–Crippen MR) is 58.9 cm³/mol. The Morgan fingerprint density at radius 3 is 2.88 bits per heavy atom. The minimum absolute atomic E-state index is 0.164. The van der Waals surface area contributed by atoms with Gasteiger partial charge in [0, 0.05) is 0 Å². The van der Waals surface area contributed by atoms with Crippen LogP contribution in [0.1, 0.15) is 17.3 Å². The molecule has 2 N–H and O–H groups in total. The van der Waals surface area contributed by atoms with Crippen LogP contribution in [0.25, 0.3) is 11.2 Å². The van der Waals surface area contributed by atoms with E-state index in [-0.39, 0.29) is 23.3 Å². The first kappa shape index (κ1) is 11.1. The fourth-order valence-corrected chi connectivity index (χ4v) is 1.37. The first-order chi connectivity index (χ1) is 8.11. The van der Waals surface area contributed by atoms with Gasteiger partial charge in [0.2, 0.25) is 0 Å². The number of carbonyl (C=O) groups is 1. The number of nitrogens with one attached hydrogen (secondary N) is 2. The zero-order chi connectivity index (χ0) is 12.4. The Morgan fingerprint density at radius 1 is 1.41 bits per heavy atom. The summed E-state index contributed by atoms with van der Waals surface area (Å²) in [6.07, 6.45) is 1.04. The zero-order valence-electron chi connectivity index (χ0n) is 8.94. The van der Waals surface area contributed by atoms with Gasteiger partial charge in [-0.2, -0.15) is 0 Å². The lowest BCUT2D eigenvalue weighted by Crippen LogP contribution is -2.21. The van der Waals surface area contributed by atoms with E-state index >= 15 is 0 Å².